The van der Waals surface area contributed by atoms with E-state index in [0.717, 1.165) is 4.90 Å². The molecule has 1 heterocycles. The summed E-state index contributed by atoms with van der Waals surface area (Å²) in [7, 11) is 4.39. The Morgan fingerprint density at radius 1 is 0.615 bits per heavy atom. The van der Waals surface area contributed by atoms with Crippen molar-refractivity contribution in [3.8, 4) is 11.5 Å². The highest BCUT2D eigenvalue weighted by Crippen LogP contribution is 2.74. The Hall–Kier alpha value is -5.99. The Balaban J connectivity index is 1.51. The van der Waals surface area contributed by atoms with E-state index < -0.39 is 40.4 Å². The Morgan fingerprint density at radius 2 is 1.06 bits per heavy atom. The summed E-state index contributed by atoms with van der Waals surface area (Å²) in [5, 5.41) is 0.108. The fraction of sp³-hybridized carbons (Fsp3) is 0.163. The summed E-state index contributed by atoms with van der Waals surface area (Å²) in [6.07, 6.45) is 0. The van der Waals surface area contributed by atoms with Gasteiger partial charge in [-0.05, 0) is 75.9 Å². The van der Waals surface area contributed by atoms with E-state index in [1.54, 1.807) is 14.2 Å². The zero-order valence-electron chi connectivity index (χ0n) is 28.5. The van der Waals surface area contributed by atoms with Crippen LogP contribution in [0.5, 0.6) is 11.5 Å². The number of fused-ring (bicyclic) bond motifs is 5. The molecular formula is C43H32ClNO7. The molecule has 2 amide bonds. The number of benzene rings is 5. The maximum absolute atomic E-state index is 16.1. The van der Waals surface area contributed by atoms with Crippen LogP contribution in [0.15, 0.2) is 127 Å². The maximum Gasteiger partial charge on any atom is 0.339 e. The Morgan fingerprint density at radius 3 is 1.46 bits per heavy atom. The molecule has 0 aromatic heterocycles. The highest BCUT2D eigenvalue weighted by molar-refractivity contribution is 6.39. The Bertz CT molecular complexity index is 2180. The Kier molecular flexibility index (Phi) is 7.88. The molecule has 52 heavy (non-hydrogen) atoms. The van der Waals surface area contributed by atoms with E-state index in [0.29, 0.717) is 44.9 Å². The molecule has 0 spiro atoms. The highest BCUT2D eigenvalue weighted by Gasteiger charge is 2.82. The van der Waals surface area contributed by atoms with Gasteiger partial charge in [0.05, 0.1) is 60.3 Å². The summed E-state index contributed by atoms with van der Waals surface area (Å²) < 4.78 is 16.0. The number of carbonyl (C=O) groups excluding carboxylic acids is 4. The van der Waals surface area contributed by atoms with Crippen LogP contribution in [0.2, 0.25) is 5.02 Å². The van der Waals surface area contributed by atoms with Crippen LogP contribution in [-0.4, -0.2) is 44.9 Å². The lowest BCUT2D eigenvalue weighted by molar-refractivity contribution is -0.130. The van der Waals surface area contributed by atoms with Crippen molar-refractivity contribution >= 4 is 52.0 Å². The molecule has 1 saturated carbocycles. The average molecular weight is 710 g/mol. The fourth-order valence-electron chi connectivity index (χ4n) is 8.81. The SMILES string of the molecule is COC(=O)c1cc(N2C(=O)[C@H]3[C@H](C2=O)[C@]2(c4ccccc4)C(=O)[C@]3(c3ccccc3)C(c3ccc(OC)cc3)=C2c2ccc(OC)cc2)ccc1Cl. The van der Waals surface area contributed by atoms with Crippen molar-refractivity contribution in [1.82, 2.24) is 0 Å². The number of rotatable bonds is 8. The van der Waals surface area contributed by atoms with E-state index >= 15 is 14.4 Å². The molecule has 4 atom stereocenters. The molecule has 2 aliphatic carbocycles. The summed E-state index contributed by atoms with van der Waals surface area (Å²) in [6.45, 7) is 0. The van der Waals surface area contributed by atoms with E-state index in [4.69, 9.17) is 25.8 Å². The normalized spacial score (nSPS) is 23.2. The lowest BCUT2D eigenvalue weighted by atomic mass is 9.59. The van der Waals surface area contributed by atoms with Crippen molar-refractivity contribution in [2.45, 2.75) is 10.8 Å². The van der Waals surface area contributed by atoms with Gasteiger partial charge in [0.15, 0.2) is 5.78 Å². The molecule has 1 saturated heterocycles. The summed E-state index contributed by atoms with van der Waals surface area (Å²) in [5.74, 6) is -3.12. The van der Waals surface area contributed by atoms with E-state index in [1.807, 2.05) is 109 Å². The molecule has 3 aliphatic rings. The molecule has 258 valence electrons. The quantitative estimate of drug-likeness (QED) is 0.123. The molecule has 0 N–H and O–H groups in total. The van der Waals surface area contributed by atoms with Crippen molar-refractivity contribution in [2.24, 2.45) is 11.8 Å². The van der Waals surface area contributed by atoms with Crippen molar-refractivity contribution in [3.05, 3.63) is 160 Å². The highest BCUT2D eigenvalue weighted by atomic mass is 35.5. The van der Waals surface area contributed by atoms with Crippen molar-refractivity contribution in [3.63, 3.8) is 0 Å². The molecule has 0 radical (unpaired) electrons. The second kappa shape index (κ2) is 12.4. The first-order chi connectivity index (χ1) is 25.2. The number of methoxy groups -OCH3 is 3. The smallest absolute Gasteiger partial charge is 0.339 e. The van der Waals surface area contributed by atoms with Crippen LogP contribution in [0.4, 0.5) is 5.69 Å². The summed E-state index contributed by atoms with van der Waals surface area (Å²) in [6, 6.07) is 37.7. The number of ether oxygens (including phenoxy) is 3. The largest absolute Gasteiger partial charge is 0.497 e. The van der Waals surface area contributed by atoms with Gasteiger partial charge in [0.1, 0.15) is 11.5 Å². The number of amides is 2. The minimum atomic E-state index is -1.61. The average Bonchev–Trinajstić information content (AvgIpc) is 3.70. The third-order valence-electron chi connectivity index (χ3n) is 10.8. The number of hydrogen-bond acceptors (Lipinski definition) is 7. The number of esters is 1. The molecule has 0 unspecified atom stereocenters. The van der Waals surface area contributed by atoms with Gasteiger partial charge in [0.2, 0.25) is 11.8 Å². The van der Waals surface area contributed by atoms with Crippen LogP contribution in [0, 0.1) is 11.8 Å². The summed E-state index contributed by atoms with van der Waals surface area (Å²) >= 11 is 6.38. The zero-order chi connectivity index (χ0) is 36.4. The van der Waals surface area contributed by atoms with Gasteiger partial charge in [-0.15, -0.1) is 0 Å². The molecular weight excluding hydrogens is 678 g/mol. The van der Waals surface area contributed by atoms with Crippen LogP contribution in [-0.2, 0) is 30.0 Å². The van der Waals surface area contributed by atoms with Gasteiger partial charge in [0.25, 0.3) is 0 Å². The fourth-order valence-corrected chi connectivity index (χ4v) is 9.01. The third-order valence-corrected chi connectivity index (χ3v) is 11.2. The molecule has 5 aromatic rings. The van der Waals surface area contributed by atoms with Crippen molar-refractivity contribution < 1.29 is 33.4 Å². The second-order valence-electron chi connectivity index (χ2n) is 13.0. The topological polar surface area (TPSA) is 99.2 Å². The van der Waals surface area contributed by atoms with Gasteiger partial charge in [0, 0.05) is 0 Å². The first-order valence-electron chi connectivity index (χ1n) is 16.7. The number of Topliss-reactive ketones (excluding diaryl/α,β-unsaturated/α-hetero) is 1. The zero-order valence-corrected chi connectivity index (χ0v) is 29.2. The van der Waals surface area contributed by atoms with Crippen LogP contribution < -0.4 is 14.4 Å². The van der Waals surface area contributed by atoms with Crippen molar-refractivity contribution in [2.75, 3.05) is 26.2 Å². The van der Waals surface area contributed by atoms with Gasteiger partial charge < -0.3 is 14.2 Å². The summed E-state index contributed by atoms with van der Waals surface area (Å²) in [5.41, 5.74) is 0.820. The standard InChI is InChI=1S/C43H32ClNO7/c1-50-30-19-14-25(15-20-30)34-35(26-16-21-31(51-2)22-17-26)43(28-12-8-5-9-13-28)37-36(42(34,41(43)49)27-10-6-4-7-11-27)38(46)45(39(37)47)29-18-23-33(44)32(24-29)40(48)52-3/h4-24,36-37H,1-3H3/t36-,37-,42-,43-/m1/s1. The van der Waals surface area contributed by atoms with Crippen LogP contribution in [0.3, 0.4) is 0 Å². The lowest BCUT2D eigenvalue weighted by Crippen LogP contribution is -2.45. The predicted octanol–water partition coefficient (Wildman–Crippen LogP) is 7.33. The van der Waals surface area contributed by atoms with E-state index in [9.17, 15) is 4.79 Å². The monoisotopic (exact) mass is 709 g/mol. The van der Waals surface area contributed by atoms with Gasteiger partial charge in [-0.1, -0.05) is 96.5 Å². The third kappa shape index (κ3) is 4.34. The predicted molar refractivity (Wildman–Crippen MR) is 196 cm³/mol. The number of ketones is 1. The maximum atomic E-state index is 16.1. The first-order valence-corrected chi connectivity index (χ1v) is 17.1. The summed E-state index contributed by atoms with van der Waals surface area (Å²) in [4.78, 5) is 60.5. The van der Waals surface area contributed by atoms with Crippen LogP contribution in [0.1, 0.15) is 32.6 Å². The van der Waals surface area contributed by atoms with E-state index in [2.05, 4.69) is 0 Å². The molecule has 2 bridgehead atoms. The Labute approximate surface area is 305 Å². The van der Waals surface area contributed by atoms with Crippen molar-refractivity contribution in [1.29, 1.82) is 0 Å². The molecule has 1 aliphatic heterocycles. The number of allylic oxidation sites excluding steroid dienone is 2. The number of nitrogens with zero attached hydrogens (tertiary/aromatic N) is 1. The molecule has 8 nitrogen and oxygen atoms in total. The number of carbonyl (C=O) groups is 4. The molecule has 8 rings (SSSR count). The van der Waals surface area contributed by atoms with Crippen LogP contribution >= 0.6 is 11.6 Å². The van der Waals surface area contributed by atoms with Crippen LogP contribution in [0.25, 0.3) is 11.1 Å². The lowest BCUT2D eigenvalue weighted by Gasteiger charge is -2.39. The second-order valence-corrected chi connectivity index (χ2v) is 13.4. The van der Waals surface area contributed by atoms with Gasteiger partial charge in [-0.25, -0.2) is 9.69 Å². The molecule has 2 fully saturated rings. The minimum absolute atomic E-state index is 0.00453. The number of anilines is 1. The number of imide groups is 1. The van der Waals surface area contributed by atoms with E-state index in [1.165, 1.54) is 25.3 Å². The number of halogens is 1. The van der Waals surface area contributed by atoms with Gasteiger partial charge in [-0.2, -0.15) is 0 Å². The van der Waals surface area contributed by atoms with E-state index in [-0.39, 0.29) is 22.1 Å². The van der Waals surface area contributed by atoms with Gasteiger partial charge >= 0.3 is 5.97 Å². The molecule has 9 heteroatoms. The molecule has 5 aromatic carbocycles. The van der Waals surface area contributed by atoms with Gasteiger partial charge in [-0.3, -0.25) is 14.4 Å². The first kappa shape index (κ1) is 33.2. The minimum Gasteiger partial charge on any atom is -0.497 e. The number of hydrogen-bond donors (Lipinski definition) is 0.